The molecule has 2 aromatic heterocycles. The summed E-state index contributed by atoms with van der Waals surface area (Å²) in [6, 6.07) is 6.85. The fraction of sp³-hybridized carbons (Fsp3) is 0.273. The lowest BCUT2D eigenvalue weighted by Crippen LogP contribution is -2.29. The number of amides is 1. The second kappa shape index (κ2) is 8.00. The molecule has 8 nitrogen and oxygen atoms in total. The van der Waals surface area contributed by atoms with Gasteiger partial charge in [-0.3, -0.25) is 4.79 Å². The minimum atomic E-state index is -4.78. The van der Waals surface area contributed by atoms with Gasteiger partial charge in [0, 0.05) is 54.5 Å². The highest BCUT2D eigenvalue weighted by molar-refractivity contribution is 6.05. The van der Waals surface area contributed by atoms with E-state index in [1.807, 2.05) is 0 Å². The van der Waals surface area contributed by atoms with Crippen molar-refractivity contribution in [1.29, 1.82) is 0 Å². The number of nitrogens with one attached hydrogen (secondary N) is 1. The predicted molar refractivity (Wildman–Crippen MR) is 114 cm³/mol. The van der Waals surface area contributed by atoms with E-state index in [1.165, 1.54) is 24.7 Å². The van der Waals surface area contributed by atoms with Crippen molar-refractivity contribution >= 4 is 17.4 Å². The molecule has 3 heterocycles. The van der Waals surface area contributed by atoms with Crippen molar-refractivity contribution in [3.05, 3.63) is 60.8 Å². The molecular formula is C22H19F3N6O2. The summed E-state index contributed by atoms with van der Waals surface area (Å²) in [5.74, 6) is 0.816. The maximum absolute atomic E-state index is 12.8. The molecule has 0 unspecified atom stereocenters. The van der Waals surface area contributed by atoms with E-state index in [-0.39, 0.29) is 17.4 Å². The van der Waals surface area contributed by atoms with E-state index in [0.29, 0.717) is 28.7 Å². The smallest absolute Gasteiger partial charge is 0.406 e. The maximum atomic E-state index is 12.8. The van der Waals surface area contributed by atoms with Crippen LogP contribution in [-0.2, 0) is 0 Å². The van der Waals surface area contributed by atoms with Gasteiger partial charge in [-0.1, -0.05) is 0 Å². The summed E-state index contributed by atoms with van der Waals surface area (Å²) in [5, 5.41) is 2.66. The first-order chi connectivity index (χ1) is 15.8. The molecular weight excluding hydrogens is 437 g/mol. The summed E-state index contributed by atoms with van der Waals surface area (Å²) >= 11 is 0. The van der Waals surface area contributed by atoms with Crippen LogP contribution >= 0.6 is 0 Å². The van der Waals surface area contributed by atoms with Crippen LogP contribution in [0.15, 0.2) is 55.2 Å². The number of hydrogen-bond donors (Lipinski definition) is 2. The minimum absolute atomic E-state index is 0.239. The highest BCUT2D eigenvalue weighted by Gasteiger charge is 2.54. The first-order valence-electron chi connectivity index (χ1n) is 10.2. The number of anilines is 2. The Labute approximate surface area is 186 Å². The van der Waals surface area contributed by atoms with E-state index in [4.69, 9.17) is 5.73 Å². The molecule has 0 spiro atoms. The van der Waals surface area contributed by atoms with Crippen molar-refractivity contribution in [3.63, 3.8) is 0 Å². The van der Waals surface area contributed by atoms with Crippen molar-refractivity contribution < 1.29 is 22.7 Å². The van der Waals surface area contributed by atoms with Crippen LogP contribution in [0.1, 0.15) is 10.4 Å². The van der Waals surface area contributed by atoms with Gasteiger partial charge in [-0.2, -0.15) is 0 Å². The molecule has 0 radical (unpaired) electrons. The minimum Gasteiger partial charge on any atom is -0.406 e. The summed E-state index contributed by atoms with van der Waals surface area (Å²) in [6.45, 7) is 1.61. The van der Waals surface area contributed by atoms with Gasteiger partial charge in [0.2, 0.25) is 0 Å². The second-order valence-corrected chi connectivity index (χ2v) is 8.06. The Morgan fingerprint density at radius 1 is 1.09 bits per heavy atom. The third-order valence-corrected chi connectivity index (χ3v) is 5.91. The number of fused-ring (bicyclic) bond motifs is 1. The molecule has 33 heavy (non-hydrogen) atoms. The lowest BCUT2D eigenvalue weighted by atomic mass is 10.1. The van der Waals surface area contributed by atoms with Crippen LogP contribution in [0, 0.1) is 11.8 Å². The van der Waals surface area contributed by atoms with Crippen molar-refractivity contribution in [2.75, 3.05) is 23.3 Å². The van der Waals surface area contributed by atoms with E-state index in [9.17, 15) is 18.0 Å². The molecule has 0 bridgehead atoms. The second-order valence-electron chi connectivity index (χ2n) is 8.06. The first-order valence-corrected chi connectivity index (χ1v) is 10.2. The Morgan fingerprint density at radius 3 is 2.39 bits per heavy atom. The van der Waals surface area contributed by atoms with Crippen LogP contribution < -0.4 is 20.7 Å². The SMILES string of the molecule is N[C@@H]1[C@H]2CN(c3ncc(C(=O)Nc4ccc(OC(F)(F)F)cc4)cc3-c3cncnc3)C[C@@H]12. The zero-order valence-corrected chi connectivity index (χ0v) is 17.2. The van der Waals surface area contributed by atoms with Crippen molar-refractivity contribution in [3.8, 4) is 16.9 Å². The number of carbonyl (C=O) groups excluding carboxylic acids is 1. The number of nitrogens with zero attached hydrogens (tertiary/aromatic N) is 4. The molecule has 3 aromatic rings. The third kappa shape index (κ3) is 4.44. The Kier molecular flexibility index (Phi) is 5.12. The summed E-state index contributed by atoms with van der Waals surface area (Å²) in [7, 11) is 0. The van der Waals surface area contributed by atoms with E-state index in [1.54, 1.807) is 18.5 Å². The number of rotatable bonds is 5. The number of ether oxygens (including phenoxy) is 1. The van der Waals surface area contributed by atoms with E-state index >= 15 is 0 Å². The Hall–Kier alpha value is -3.73. The molecule has 1 saturated carbocycles. The van der Waals surface area contributed by atoms with Gasteiger partial charge in [0.25, 0.3) is 5.91 Å². The number of carbonyl (C=O) groups is 1. The number of aromatic nitrogens is 3. The maximum Gasteiger partial charge on any atom is 0.573 e. The van der Waals surface area contributed by atoms with Crippen LogP contribution in [0.4, 0.5) is 24.7 Å². The Bertz CT molecular complexity index is 1160. The van der Waals surface area contributed by atoms with Crippen LogP contribution in [0.3, 0.4) is 0 Å². The van der Waals surface area contributed by atoms with Gasteiger partial charge in [0.1, 0.15) is 17.9 Å². The first kappa shape index (κ1) is 21.1. The number of alkyl halides is 3. The monoisotopic (exact) mass is 456 g/mol. The average molecular weight is 456 g/mol. The molecule has 3 N–H and O–H groups in total. The molecule has 1 amide bonds. The highest BCUT2D eigenvalue weighted by Crippen LogP contribution is 2.46. The summed E-state index contributed by atoms with van der Waals surface area (Å²) < 4.78 is 40.8. The van der Waals surface area contributed by atoms with Crippen LogP contribution in [0.25, 0.3) is 11.1 Å². The van der Waals surface area contributed by atoms with Crippen LogP contribution in [0.2, 0.25) is 0 Å². The lowest BCUT2D eigenvalue weighted by Gasteiger charge is -2.23. The summed E-state index contributed by atoms with van der Waals surface area (Å²) in [6.07, 6.45) is 1.41. The van der Waals surface area contributed by atoms with Gasteiger partial charge < -0.3 is 20.7 Å². The van der Waals surface area contributed by atoms with Crippen LogP contribution in [-0.4, -0.2) is 46.4 Å². The predicted octanol–water partition coefficient (Wildman–Crippen LogP) is 3.08. The van der Waals surface area contributed by atoms with E-state index in [2.05, 4.69) is 29.9 Å². The normalized spacial score (nSPS) is 21.5. The molecule has 3 atom stereocenters. The molecule has 1 aliphatic carbocycles. The van der Waals surface area contributed by atoms with Gasteiger partial charge in [-0.15, -0.1) is 13.2 Å². The number of halogens is 3. The molecule has 5 rings (SSSR count). The topological polar surface area (TPSA) is 106 Å². The summed E-state index contributed by atoms with van der Waals surface area (Å²) in [4.78, 5) is 27.7. The molecule has 2 aliphatic rings. The molecule has 1 aliphatic heterocycles. The number of benzene rings is 1. The van der Waals surface area contributed by atoms with Gasteiger partial charge in [0.15, 0.2) is 0 Å². The Balaban J connectivity index is 1.37. The van der Waals surface area contributed by atoms with Crippen molar-refractivity contribution in [2.24, 2.45) is 17.6 Å². The number of pyridine rings is 1. The molecule has 1 aromatic carbocycles. The largest absolute Gasteiger partial charge is 0.573 e. The third-order valence-electron chi connectivity index (χ3n) is 5.91. The van der Waals surface area contributed by atoms with Gasteiger partial charge in [0.05, 0.1) is 5.56 Å². The van der Waals surface area contributed by atoms with Gasteiger partial charge in [-0.05, 0) is 42.2 Å². The number of hydrogen-bond acceptors (Lipinski definition) is 7. The number of nitrogens with two attached hydrogens (primary N) is 1. The lowest BCUT2D eigenvalue weighted by molar-refractivity contribution is -0.274. The Morgan fingerprint density at radius 2 is 1.76 bits per heavy atom. The van der Waals surface area contributed by atoms with Crippen LogP contribution in [0.5, 0.6) is 5.75 Å². The van der Waals surface area contributed by atoms with Gasteiger partial charge >= 0.3 is 6.36 Å². The quantitative estimate of drug-likeness (QED) is 0.608. The summed E-state index contributed by atoms with van der Waals surface area (Å²) in [5.41, 5.74) is 8.09. The fourth-order valence-corrected chi connectivity index (χ4v) is 4.17. The standard InChI is InChI=1S/C22H19F3N6O2/c23-22(24,25)33-15-3-1-14(2-4-15)30-21(32)12-5-16(13-6-27-11-28-7-13)20(29-8-12)31-9-17-18(10-31)19(17)26/h1-8,11,17-19H,9-10,26H2,(H,30,32)/t17-,18+,19+. The zero-order valence-electron chi connectivity index (χ0n) is 17.2. The van der Waals surface area contributed by atoms with Gasteiger partial charge in [-0.25, -0.2) is 15.0 Å². The number of piperidine rings is 1. The molecule has 170 valence electrons. The average Bonchev–Trinajstić information content (AvgIpc) is 3.19. The van der Waals surface area contributed by atoms with E-state index in [0.717, 1.165) is 31.0 Å². The molecule has 11 heteroatoms. The fourth-order valence-electron chi connectivity index (χ4n) is 4.17. The molecule has 1 saturated heterocycles. The van der Waals surface area contributed by atoms with Crippen molar-refractivity contribution in [1.82, 2.24) is 15.0 Å². The van der Waals surface area contributed by atoms with E-state index < -0.39 is 12.3 Å². The molecule has 2 fully saturated rings. The zero-order chi connectivity index (χ0) is 23.2. The highest BCUT2D eigenvalue weighted by atomic mass is 19.4. The van der Waals surface area contributed by atoms with Crippen molar-refractivity contribution in [2.45, 2.75) is 12.4 Å².